The van der Waals surface area contributed by atoms with Gasteiger partial charge in [-0.05, 0) is 31.7 Å². The van der Waals surface area contributed by atoms with Crippen LogP contribution in [0.5, 0.6) is 0 Å². The molecule has 0 aromatic carbocycles. The lowest BCUT2D eigenvalue weighted by atomic mass is 9.96. The number of aromatic nitrogens is 2. The highest BCUT2D eigenvalue weighted by molar-refractivity contribution is 5.00. The molecular formula is C16H29N3. The first-order chi connectivity index (χ1) is 9.20. The molecule has 2 atom stereocenters. The van der Waals surface area contributed by atoms with E-state index in [-0.39, 0.29) is 0 Å². The predicted octanol–water partition coefficient (Wildman–Crippen LogP) is 3.91. The van der Waals surface area contributed by atoms with Gasteiger partial charge in [-0.1, -0.05) is 39.5 Å². The van der Waals surface area contributed by atoms with E-state index in [2.05, 4.69) is 43.0 Å². The summed E-state index contributed by atoms with van der Waals surface area (Å²) >= 11 is 0. The van der Waals surface area contributed by atoms with Crippen molar-refractivity contribution in [3.05, 3.63) is 18.0 Å². The van der Waals surface area contributed by atoms with Crippen molar-refractivity contribution in [1.82, 2.24) is 15.1 Å². The van der Waals surface area contributed by atoms with Crippen LogP contribution in [-0.2, 0) is 6.54 Å². The molecule has 1 aliphatic carbocycles. The van der Waals surface area contributed by atoms with Crippen LogP contribution in [0.1, 0.15) is 71.0 Å². The molecule has 1 N–H and O–H groups in total. The van der Waals surface area contributed by atoms with Gasteiger partial charge in [-0.3, -0.25) is 4.68 Å². The van der Waals surface area contributed by atoms with Gasteiger partial charge in [0.05, 0.1) is 11.7 Å². The van der Waals surface area contributed by atoms with Crippen LogP contribution in [0.25, 0.3) is 0 Å². The molecule has 108 valence electrons. The zero-order chi connectivity index (χ0) is 13.7. The van der Waals surface area contributed by atoms with Gasteiger partial charge in [0.1, 0.15) is 0 Å². The molecule has 19 heavy (non-hydrogen) atoms. The molecule has 1 fully saturated rings. The number of rotatable bonds is 6. The maximum atomic E-state index is 4.75. The first-order valence-corrected chi connectivity index (χ1v) is 7.98. The number of nitrogens with zero attached hydrogens (tertiary/aromatic N) is 2. The van der Waals surface area contributed by atoms with Crippen LogP contribution in [0.2, 0.25) is 0 Å². The van der Waals surface area contributed by atoms with Crippen LogP contribution in [-0.4, -0.2) is 15.8 Å². The summed E-state index contributed by atoms with van der Waals surface area (Å²) in [7, 11) is 0. The zero-order valence-electron chi connectivity index (χ0n) is 12.7. The van der Waals surface area contributed by atoms with Gasteiger partial charge in [-0.2, -0.15) is 5.10 Å². The lowest BCUT2D eigenvalue weighted by Gasteiger charge is -2.22. The minimum atomic E-state index is 0.560. The molecule has 0 radical (unpaired) electrons. The Hall–Kier alpha value is -0.830. The molecule has 3 heteroatoms. The van der Waals surface area contributed by atoms with Crippen LogP contribution in [0.15, 0.2) is 12.3 Å². The minimum Gasteiger partial charge on any atom is -0.308 e. The Morgan fingerprint density at radius 1 is 1.32 bits per heavy atom. The lowest BCUT2D eigenvalue weighted by molar-refractivity contribution is 0.326. The lowest BCUT2D eigenvalue weighted by Crippen LogP contribution is -2.31. The Labute approximate surface area is 117 Å². The Balaban J connectivity index is 1.83. The van der Waals surface area contributed by atoms with Gasteiger partial charge in [-0.15, -0.1) is 0 Å². The van der Waals surface area contributed by atoms with Gasteiger partial charge < -0.3 is 5.32 Å². The Bertz CT molecular complexity index is 366. The van der Waals surface area contributed by atoms with Crippen molar-refractivity contribution in [1.29, 1.82) is 0 Å². The standard InChI is InChI=1S/C16H29N3/c1-4-13(2)14(3)17-12-15-10-11-19(18-15)16-8-6-5-7-9-16/h10-11,13-14,16-17H,4-9,12H2,1-3H3. The van der Waals surface area contributed by atoms with E-state index in [1.807, 2.05) is 0 Å². The first-order valence-electron chi connectivity index (χ1n) is 7.98. The Morgan fingerprint density at radius 3 is 2.74 bits per heavy atom. The molecule has 0 amide bonds. The highest BCUT2D eigenvalue weighted by atomic mass is 15.3. The minimum absolute atomic E-state index is 0.560. The van der Waals surface area contributed by atoms with Crippen LogP contribution in [0.4, 0.5) is 0 Å². The topological polar surface area (TPSA) is 29.9 Å². The van der Waals surface area contributed by atoms with E-state index in [4.69, 9.17) is 5.10 Å². The third-order valence-electron chi connectivity index (χ3n) is 4.72. The molecule has 0 aliphatic heterocycles. The number of hydrogen-bond acceptors (Lipinski definition) is 2. The zero-order valence-corrected chi connectivity index (χ0v) is 12.7. The number of hydrogen-bond donors (Lipinski definition) is 1. The second kappa shape index (κ2) is 7.09. The molecule has 1 aromatic rings. The summed E-state index contributed by atoms with van der Waals surface area (Å²) in [4.78, 5) is 0. The van der Waals surface area contributed by atoms with E-state index < -0.39 is 0 Å². The largest absolute Gasteiger partial charge is 0.308 e. The highest BCUT2D eigenvalue weighted by Crippen LogP contribution is 2.27. The van der Waals surface area contributed by atoms with Crippen molar-refractivity contribution < 1.29 is 0 Å². The molecule has 1 saturated carbocycles. The molecule has 0 spiro atoms. The second-order valence-electron chi connectivity index (χ2n) is 6.13. The van der Waals surface area contributed by atoms with Gasteiger partial charge in [0.25, 0.3) is 0 Å². The first kappa shape index (κ1) is 14.6. The van der Waals surface area contributed by atoms with Gasteiger partial charge >= 0.3 is 0 Å². The molecule has 0 bridgehead atoms. The van der Waals surface area contributed by atoms with Crippen molar-refractivity contribution in [3.63, 3.8) is 0 Å². The van der Waals surface area contributed by atoms with Crippen LogP contribution >= 0.6 is 0 Å². The average molecular weight is 263 g/mol. The van der Waals surface area contributed by atoms with Crippen LogP contribution < -0.4 is 5.32 Å². The van der Waals surface area contributed by atoms with E-state index in [1.165, 1.54) is 44.2 Å². The van der Waals surface area contributed by atoms with E-state index in [0.717, 1.165) is 12.5 Å². The molecule has 2 unspecified atom stereocenters. The predicted molar refractivity (Wildman–Crippen MR) is 80.1 cm³/mol. The fraction of sp³-hybridized carbons (Fsp3) is 0.812. The molecule has 1 aromatic heterocycles. The summed E-state index contributed by atoms with van der Waals surface area (Å²) in [5.74, 6) is 0.723. The van der Waals surface area contributed by atoms with E-state index in [1.54, 1.807) is 0 Å². The molecule has 1 heterocycles. The summed E-state index contributed by atoms with van der Waals surface area (Å²) in [6, 6.07) is 3.38. The van der Waals surface area contributed by atoms with Crippen molar-refractivity contribution >= 4 is 0 Å². The number of nitrogens with one attached hydrogen (secondary N) is 1. The molecule has 2 rings (SSSR count). The van der Waals surface area contributed by atoms with E-state index in [9.17, 15) is 0 Å². The summed E-state index contributed by atoms with van der Waals surface area (Å²) in [5.41, 5.74) is 1.18. The molecule has 0 saturated heterocycles. The summed E-state index contributed by atoms with van der Waals surface area (Å²) < 4.78 is 2.20. The SMILES string of the molecule is CCC(C)C(C)NCc1ccn(C2CCCCC2)n1. The fourth-order valence-electron chi connectivity index (χ4n) is 2.84. The van der Waals surface area contributed by atoms with Gasteiger partial charge in [-0.25, -0.2) is 0 Å². The molecular weight excluding hydrogens is 234 g/mol. The van der Waals surface area contributed by atoms with Gasteiger partial charge in [0.15, 0.2) is 0 Å². The van der Waals surface area contributed by atoms with Crippen LogP contribution in [0, 0.1) is 5.92 Å². The van der Waals surface area contributed by atoms with E-state index >= 15 is 0 Å². The van der Waals surface area contributed by atoms with Gasteiger partial charge in [0, 0.05) is 18.8 Å². The third-order valence-corrected chi connectivity index (χ3v) is 4.72. The van der Waals surface area contributed by atoms with E-state index in [0.29, 0.717) is 12.1 Å². The van der Waals surface area contributed by atoms with Crippen molar-refractivity contribution in [2.75, 3.05) is 0 Å². The Morgan fingerprint density at radius 2 is 2.05 bits per heavy atom. The summed E-state index contributed by atoms with van der Waals surface area (Å²) in [5, 5.41) is 8.34. The van der Waals surface area contributed by atoms with Crippen molar-refractivity contribution in [2.45, 2.75) is 77.9 Å². The quantitative estimate of drug-likeness (QED) is 0.843. The highest BCUT2D eigenvalue weighted by Gasteiger charge is 2.16. The monoisotopic (exact) mass is 263 g/mol. The van der Waals surface area contributed by atoms with Crippen molar-refractivity contribution in [3.8, 4) is 0 Å². The summed E-state index contributed by atoms with van der Waals surface area (Å²) in [6.45, 7) is 7.72. The second-order valence-corrected chi connectivity index (χ2v) is 6.13. The molecule has 3 nitrogen and oxygen atoms in total. The maximum absolute atomic E-state index is 4.75. The fourth-order valence-corrected chi connectivity index (χ4v) is 2.84. The summed E-state index contributed by atoms with van der Waals surface area (Å²) in [6.07, 6.45) is 10.1. The third kappa shape index (κ3) is 4.07. The van der Waals surface area contributed by atoms with Gasteiger partial charge in [0.2, 0.25) is 0 Å². The Kier molecular flexibility index (Phi) is 5.44. The van der Waals surface area contributed by atoms with Crippen LogP contribution in [0.3, 0.4) is 0 Å². The normalized spacial score (nSPS) is 20.4. The smallest absolute Gasteiger partial charge is 0.0762 e. The molecule has 1 aliphatic rings. The maximum Gasteiger partial charge on any atom is 0.0762 e. The average Bonchev–Trinajstić information content (AvgIpc) is 2.93. The van der Waals surface area contributed by atoms with Crippen molar-refractivity contribution in [2.24, 2.45) is 5.92 Å².